The third-order valence-electron chi connectivity index (χ3n) is 2.99. The summed E-state index contributed by atoms with van der Waals surface area (Å²) >= 11 is 0. The molecule has 23 heavy (non-hydrogen) atoms. The number of carbonyl (C=O) groups excluding carboxylic acids is 4. The summed E-state index contributed by atoms with van der Waals surface area (Å²) in [7, 11) is 0. The van der Waals surface area contributed by atoms with Gasteiger partial charge in [0.2, 0.25) is 6.29 Å². The summed E-state index contributed by atoms with van der Waals surface area (Å²) in [5.74, 6) is -2.96. The molecule has 9 nitrogen and oxygen atoms in total. The van der Waals surface area contributed by atoms with Crippen molar-refractivity contribution in [3.63, 3.8) is 0 Å². The highest BCUT2D eigenvalue weighted by molar-refractivity contribution is 5.68. The summed E-state index contributed by atoms with van der Waals surface area (Å²) in [6, 6.07) is 0. The Kier molecular flexibility index (Phi) is 6.95. The van der Waals surface area contributed by atoms with Gasteiger partial charge in [0.15, 0.2) is 6.10 Å². The molecule has 0 bridgehead atoms. The summed E-state index contributed by atoms with van der Waals surface area (Å²) < 4.78 is 25.4. The predicted octanol–water partition coefficient (Wildman–Crippen LogP) is -0.0515. The zero-order valence-corrected chi connectivity index (χ0v) is 13.4. The van der Waals surface area contributed by atoms with Gasteiger partial charge in [-0.2, -0.15) is 0 Å². The maximum absolute atomic E-state index is 11.3. The molecule has 130 valence electrons. The van der Waals surface area contributed by atoms with E-state index in [2.05, 4.69) is 0 Å². The van der Waals surface area contributed by atoms with Crippen LogP contribution in [0.2, 0.25) is 0 Å². The van der Waals surface area contributed by atoms with Gasteiger partial charge < -0.3 is 23.7 Å². The van der Waals surface area contributed by atoms with E-state index in [4.69, 9.17) is 23.7 Å². The topological polar surface area (TPSA) is 114 Å². The van der Waals surface area contributed by atoms with E-state index in [1.54, 1.807) is 0 Å². The molecular formula is C14H20O9. The Morgan fingerprint density at radius 1 is 0.783 bits per heavy atom. The van der Waals surface area contributed by atoms with Crippen LogP contribution in [0.25, 0.3) is 0 Å². The first kappa shape index (κ1) is 18.9. The summed E-state index contributed by atoms with van der Waals surface area (Å²) in [6.07, 6.45) is -2.90. The highest BCUT2D eigenvalue weighted by Crippen LogP contribution is 2.31. The first-order valence-electron chi connectivity index (χ1n) is 6.97. The average Bonchev–Trinajstić information content (AvgIpc) is 2.70. The van der Waals surface area contributed by atoms with E-state index in [1.807, 2.05) is 0 Å². The fraction of sp³-hybridized carbons (Fsp3) is 0.714. The highest BCUT2D eigenvalue weighted by Gasteiger charge is 2.49. The van der Waals surface area contributed by atoms with Crippen molar-refractivity contribution >= 4 is 23.9 Å². The van der Waals surface area contributed by atoms with Crippen LogP contribution >= 0.6 is 0 Å². The summed E-state index contributed by atoms with van der Waals surface area (Å²) in [6.45, 7) is 4.51. The number of ether oxygens (including phenoxy) is 5. The van der Waals surface area contributed by atoms with Gasteiger partial charge in [-0.05, 0) is 0 Å². The van der Waals surface area contributed by atoms with Crippen LogP contribution in [0.5, 0.6) is 0 Å². The zero-order valence-electron chi connectivity index (χ0n) is 13.4. The minimum atomic E-state index is -1.17. The smallest absolute Gasteiger partial charge is 0.305 e. The van der Waals surface area contributed by atoms with Crippen molar-refractivity contribution in [1.82, 2.24) is 0 Å². The quantitative estimate of drug-likeness (QED) is 0.487. The van der Waals surface area contributed by atoms with E-state index in [1.165, 1.54) is 27.7 Å². The van der Waals surface area contributed by atoms with Crippen molar-refractivity contribution in [2.75, 3.05) is 13.2 Å². The number of carbonyl (C=O) groups is 4. The minimum Gasteiger partial charge on any atom is -0.465 e. The normalized spacial score (nSPS) is 26.3. The molecule has 1 aliphatic rings. The molecule has 1 rings (SSSR count). The molecule has 0 amide bonds. The van der Waals surface area contributed by atoms with Crippen molar-refractivity contribution in [1.29, 1.82) is 0 Å². The Morgan fingerprint density at radius 3 is 1.78 bits per heavy atom. The van der Waals surface area contributed by atoms with E-state index in [0.717, 1.165) is 0 Å². The molecule has 0 saturated carbocycles. The number of esters is 4. The molecule has 0 aromatic heterocycles. The number of hydrogen-bond donors (Lipinski definition) is 0. The molecule has 2 unspecified atom stereocenters. The number of hydrogen-bond acceptors (Lipinski definition) is 9. The Balaban J connectivity index is 2.92. The third-order valence-corrected chi connectivity index (χ3v) is 2.99. The highest BCUT2D eigenvalue weighted by atomic mass is 16.7. The molecule has 0 spiro atoms. The van der Waals surface area contributed by atoms with Crippen molar-refractivity contribution in [2.24, 2.45) is 5.92 Å². The lowest BCUT2D eigenvalue weighted by atomic mass is 9.99. The van der Waals surface area contributed by atoms with E-state index >= 15 is 0 Å². The van der Waals surface area contributed by atoms with Crippen LogP contribution in [0.4, 0.5) is 0 Å². The van der Waals surface area contributed by atoms with Gasteiger partial charge in [-0.25, -0.2) is 0 Å². The van der Waals surface area contributed by atoms with Crippen molar-refractivity contribution < 1.29 is 42.9 Å². The minimum absolute atomic E-state index is 0.142. The van der Waals surface area contributed by atoms with Crippen molar-refractivity contribution in [3.8, 4) is 0 Å². The van der Waals surface area contributed by atoms with Gasteiger partial charge in [0.05, 0.1) is 5.92 Å². The standard InChI is InChI=1S/C14H20O9/c1-7(15)19-5-11-12(6-20-8(2)16)23-14(22-10(4)18)13(11)21-9(3)17/h11-14H,5-6H2,1-4H3/t11-,12-,13?,14?/m1/s1. The summed E-state index contributed by atoms with van der Waals surface area (Å²) in [4.78, 5) is 44.4. The van der Waals surface area contributed by atoms with Gasteiger partial charge in [0.1, 0.15) is 19.3 Å². The van der Waals surface area contributed by atoms with Gasteiger partial charge in [-0.1, -0.05) is 0 Å². The number of rotatable bonds is 6. The molecule has 1 fully saturated rings. The Labute approximate surface area is 133 Å². The summed E-state index contributed by atoms with van der Waals surface area (Å²) in [5, 5.41) is 0. The Bertz CT molecular complexity index is 473. The maximum atomic E-state index is 11.3. The molecule has 9 heteroatoms. The van der Waals surface area contributed by atoms with Crippen LogP contribution in [0, 0.1) is 5.92 Å². The Hall–Kier alpha value is -2.16. The van der Waals surface area contributed by atoms with Crippen LogP contribution in [0.1, 0.15) is 27.7 Å². The average molecular weight is 332 g/mol. The molecule has 4 atom stereocenters. The maximum Gasteiger partial charge on any atom is 0.305 e. The molecule has 1 aliphatic heterocycles. The van der Waals surface area contributed by atoms with Crippen LogP contribution in [0.3, 0.4) is 0 Å². The van der Waals surface area contributed by atoms with E-state index in [-0.39, 0.29) is 13.2 Å². The summed E-state index contributed by atoms with van der Waals surface area (Å²) in [5.41, 5.74) is 0. The Morgan fingerprint density at radius 2 is 1.30 bits per heavy atom. The molecule has 0 radical (unpaired) electrons. The van der Waals surface area contributed by atoms with Crippen LogP contribution in [-0.2, 0) is 42.9 Å². The molecule has 0 N–H and O–H groups in total. The largest absolute Gasteiger partial charge is 0.465 e. The van der Waals surface area contributed by atoms with Gasteiger partial charge in [0.25, 0.3) is 0 Å². The predicted molar refractivity (Wildman–Crippen MR) is 72.7 cm³/mol. The van der Waals surface area contributed by atoms with Crippen LogP contribution < -0.4 is 0 Å². The van der Waals surface area contributed by atoms with Gasteiger partial charge in [-0.15, -0.1) is 0 Å². The van der Waals surface area contributed by atoms with Crippen LogP contribution in [0.15, 0.2) is 0 Å². The van der Waals surface area contributed by atoms with Gasteiger partial charge >= 0.3 is 23.9 Å². The van der Waals surface area contributed by atoms with E-state index in [0.29, 0.717) is 0 Å². The lowest BCUT2D eigenvalue weighted by Gasteiger charge is -2.22. The fourth-order valence-corrected chi connectivity index (χ4v) is 2.14. The van der Waals surface area contributed by atoms with Crippen LogP contribution in [-0.4, -0.2) is 55.6 Å². The second kappa shape index (κ2) is 8.47. The second-order valence-corrected chi connectivity index (χ2v) is 5.00. The first-order valence-corrected chi connectivity index (χ1v) is 6.97. The molecule has 0 aromatic carbocycles. The second-order valence-electron chi connectivity index (χ2n) is 5.00. The fourth-order valence-electron chi connectivity index (χ4n) is 2.14. The molecular weight excluding hydrogens is 312 g/mol. The third kappa shape index (κ3) is 6.23. The molecule has 0 aromatic rings. The molecule has 1 saturated heterocycles. The molecule has 1 heterocycles. The zero-order chi connectivity index (χ0) is 17.6. The van der Waals surface area contributed by atoms with E-state index in [9.17, 15) is 19.2 Å². The first-order chi connectivity index (χ1) is 10.7. The SMILES string of the molecule is CC(=O)OC[C@H]1OC(OC(C)=O)C(OC(C)=O)[C@@H]1COC(C)=O. The lowest BCUT2D eigenvalue weighted by molar-refractivity contribution is -0.197. The van der Waals surface area contributed by atoms with E-state index < -0.39 is 48.3 Å². The van der Waals surface area contributed by atoms with Crippen molar-refractivity contribution in [2.45, 2.75) is 46.2 Å². The monoisotopic (exact) mass is 332 g/mol. The van der Waals surface area contributed by atoms with Gasteiger partial charge in [-0.3, -0.25) is 19.2 Å². The lowest BCUT2D eigenvalue weighted by Crippen LogP contribution is -2.38. The van der Waals surface area contributed by atoms with Gasteiger partial charge in [0, 0.05) is 27.7 Å². The van der Waals surface area contributed by atoms with Crippen molar-refractivity contribution in [3.05, 3.63) is 0 Å². The molecule has 0 aliphatic carbocycles.